The summed E-state index contributed by atoms with van der Waals surface area (Å²) in [6, 6.07) is 13.0. The third-order valence-corrected chi connectivity index (χ3v) is 5.52. The number of rotatable bonds is 5. The predicted octanol–water partition coefficient (Wildman–Crippen LogP) is 4.41. The van der Waals surface area contributed by atoms with E-state index in [0.717, 1.165) is 17.7 Å². The lowest BCUT2D eigenvalue weighted by Crippen LogP contribution is -2.27. The van der Waals surface area contributed by atoms with Crippen molar-refractivity contribution in [1.29, 1.82) is 0 Å². The van der Waals surface area contributed by atoms with Gasteiger partial charge in [0.05, 0.1) is 0 Å². The molecule has 2 aromatic rings. The van der Waals surface area contributed by atoms with Gasteiger partial charge >= 0.3 is 0 Å². The average molecular weight is 343 g/mol. The molecule has 1 saturated carbocycles. The van der Waals surface area contributed by atoms with E-state index in [0.29, 0.717) is 17.7 Å². The van der Waals surface area contributed by atoms with E-state index >= 15 is 0 Å². The third-order valence-electron chi connectivity index (χ3n) is 4.78. The molecule has 128 valence electrons. The Morgan fingerprint density at radius 1 is 1.25 bits per heavy atom. The molecule has 0 saturated heterocycles. The van der Waals surface area contributed by atoms with Gasteiger partial charge in [-0.05, 0) is 55.5 Å². The lowest BCUT2D eigenvalue weighted by Gasteiger charge is -2.31. The normalized spacial score (nSPS) is 22.1. The molecular formula is C20H26N2OS. The van der Waals surface area contributed by atoms with Crippen molar-refractivity contribution < 1.29 is 4.21 Å². The largest absolute Gasteiger partial charge is 0.382 e. The molecule has 0 spiro atoms. The zero-order valence-electron chi connectivity index (χ0n) is 14.5. The first-order valence-electron chi connectivity index (χ1n) is 8.69. The highest BCUT2D eigenvalue weighted by atomic mass is 32.2. The number of nitrogens with one attached hydrogen (secondary N) is 1. The highest BCUT2D eigenvalue weighted by Gasteiger charge is 2.25. The van der Waals surface area contributed by atoms with E-state index in [1.807, 2.05) is 24.4 Å². The van der Waals surface area contributed by atoms with Crippen LogP contribution in [0.4, 0.5) is 5.69 Å². The minimum absolute atomic E-state index is 0.479. The van der Waals surface area contributed by atoms with E-state index in [-0.39, 0.29) is 0 Å². The van der Waals surface area contributed by atoms with Gasteiger partial charge in [0.1, 0.15) is 0 Å². The van der Waals surface area contributed by atoms with Crippen molar-refractivity contribution in [2.24, 2.45) is 0 Å². The summed E-state index contributed by atoms with van der Waals surface area (Å²) in [5.41, 5.74) is 4.84. The van der Waals surface area contributed by atoms with Crippen LogP contribution in [-0.2, 0) is 16.6 Å². The van der Waals surface area contributed by atoms with E-state index < -0.39 is 10.8 Å². The van der Waals surface area contributed by atoms with Crippen molar-refractivity contribution >= 4 is 16.5 Å². The molecule has 0 amide bonds. The molecule has 24 heavy (non-hydrogen) atoms. The van der Waals surface area contributed by atoms with Gasteiger partial charge in [0, 0.05) is 52.3 Å². The number of hydrogen-bond donors (Lipinski definition) is 1. The number of nitrogens with zero attached hydrogens (tertiary/aromatic N) is 1. The molecule has 1 aromatic heterocycles. The Morgan fingerprint density at radius 3 is 2.92 bits per heavy atom. The van der Waals surface area contributed by atoms with Crippen LogP contribution in [-0.4, -0.2) is 21.5 Å². The van der Waals surface area contributed by atoms with Gasteiger partial charge in [-0.3, -0.25) is 9.19 Å². The predicted molar refractivity (Wildman–Crippen MR) is 102 cm³/mol. The Kier molecular flexibility index (Phi) is 5.67. The molecule has 1 N–H and O–H groups in total. The quantitative estimate of drug-likeness (QED) is 0.875. The van der Waals surface area contributed by atoms with Crippen LogP contribution in [0.1, 0.15) is 48.4 Å². The molecule has 1 aliphatic carbocycles. The molecular weight excluding hydrogens is 316 g/mol. The maximum Gasteiger partial charge on any atom is 0.0483 e. The first kappa shape index (κ1) is 17.2. The van der Waals surface area contributed by atoms with Crippen molar-refractivity contribution in [2.75, 3.05) is 11.6 Å². The van der Waals surface area contributed by atoms with Crippen molar-refractivity contribution in [3.63, 3.8) is 0 Å². The first-order chi connectivity index (χ1) is 11.6. The highest BCUT2D eigenvalue weighted by molar-refractivity contribution is 7.83. The van der Waals surface area contributed by atoms with Crippen LogP contribution in [0.25, 0.3) is 0 Å². The van der Waals surface area contributed by atoms with Crippen LogP contribution >= 0.6 is 0 Å². The van der Waals surface area contributed by atoms with E-state index in [1.165, 1.54) is 30.5 Å². The Balaban J connectivity index is 1.67. The lowest BCUT2D eigenvalue weighted by molar-refractivity contribution is 0.404. The molecule has 1 aromatic carbocycles. The zero-order valence-corrected chi connectivity index (χ0v) is 15.3. The van der Waals surface area contributed by atoms with Gasteiger partial charge in [0.15, 0.2) is 0 Å². The van der Waals surface area contributed by atoms with Gasteiger partial charge in [0.2, 0.25) is 0 Å². The minimum atomic E-state index is -0.801. The van der Waals surface area contributed by atoms with Gasteiger partial charge < -0.3 is 5.32 Å². The van der Waals surface area contributed by atoms with Crippen LogP contribution in [0, 0.1) is 6.92 Å². The number of benzene rings is 1. The summed E-state index contributed by atoms with van der Waals surface area (Å²) >= 11 is 0. The molecule has 0 radical (unpaired) electrons. The van der Waals surface area contributed by atoms with Gasteiger partial charge in [-0.25, -0.2) is 0 Å². The summed E-state index contributed by atoms with van der Waals surface area (Å²) in [7, 11) is -0.801. The monoisotopic (exact) mass is 342 g/mol. The first-order valence-corrected chi connectivity index (χ1v) is 10.4. The molecule has 1 heterocycles. The molecule has 0 aliphatic heterocycles. The molecule has 4 heteroatoms. The summed E-state index contributed by atoms with van der Waals surface area (Å²) in [5, 5.41) is 3.69. The van der Waals surface area contributed by atoms with Crippen LogP contribution in [0.5, 0.6) is 0 Å². The fourth-order valence-electron chi connectivity index (χ4n) is 3.72. The Labute approximate surface area is 147 Å². The number of hydrogen-bond acceptors (Lipinski definition) is 3. The Bertz CT molecular complexity index is 716. The number of anilines is 1. The summed E-state index contributed by atoms with van der Waals surface area (Å²) in [4.78, 5) is 4.63. The fourth-order valence-corrected chi connectivity index (χ4v) is 4.36. The summed E-state index contributed by atoms with van der Waals surface area (Å²) < 4.78 is 11.4. The second kappa shape index (κ2) is 7.93. The zero-order chi connectivity index (χ0) is 16.9. The molecule has 3 rings (SSSR count). The molecule has 0 bridgehead atoms. The summed E-state index contributed by atoms with van der Waals surface area (Å²) in [5.74, 6) is 1.17. The van der Waals surface area contributed by atoms with Gasteiger partial charge in [0.25, 0.3) is 0 Å². The van der Waals surface area contributed by atoms with Crippen molar-refractivity contribution in [3.05, 3.63) is 59.4 Å². The van der Waals surface area contributed by atoms with Crippen LogP contribution in [0.2, 0.25) is 0 Å². The standard InChI is InChI=1S/C20H26N2OS/c1-15-6-5-11-21-20(15)17-8-4-10-19(13-17)22-18-9-3-7-16(12-18)14-24(2)23/h3,5-7,9,11-12,17,19,22H,4,8,10,13-14H2,1-2H3/t17-,19-,24-/m1/s1. The van der Waals surface area contributed by atoms with Gasteiger partial charge in [-0.1, -0.05) is 24.6 Å². The molecule has 3 nitrogen and oxygen atoms in total. The van der Waals surface area contributed by atoms with E-state index in [2.05, 4.69) is 35.4 Å². The van der Waals surface area contributed by atoms with Crippen molar-refractivity contribution in [3.8, 4) is 0 Å². The highest BCUT2D eigenvalue weighted by Crippen LogP contribution is 2.34. The van der Waals surface area contributed by atoms with E-state index in [9.17, 15) is 4.21 Å². The molecule has 0 unspecified atom stereocenters. The maximum atomic E-state index is 11.4. The molecule has 1 aliphatic rings. The van der Waals surface area contributed by atoms with Crippen molar-refractivity contribution in [1.82, 2.24) is 4.98 Å². The second-order valence-corrected chi connectivity index (χ2v) is 8.26. The number of pyridine rings is 1. The van der Waals surface area contributed by atoms with Crippen LogP contribution < -0.4 is 5.32 Å². The maximum absolute atomic E-state index is 11.4. The van der Waals surface area contributed by atoms with E-state index in [4.69, 9.17) is 0 Å². The SMILES string of the molecule is Cc1cccnc1[C@@H]1CCC[C@@H](Nc2cccc(C[S@@](C)=O)c2)C1. The minimum Gasteiger partial charge on any atom is -0.382 e. The lowest BCUT2D eigenvalue weighted by atomic mass is 9.82. The Hall–Kier alpha value is -1.68. The van der Waals surface area contributed by atoms with Gasteiger partial charge in [-0.2, -0.15) is 0 Å². The summed E-state index contributed by atoms with van der Waals surface area (Å²) in [6.07, 6.45) is 8.45. The number of aromatic nitrogens is 1. The molecule has 1 fully saturated rings. The smallest absolute Gasteiger partial charge is 0.0483 e. The van der Waals surface area contributed by atoms with Gasteiger partial charge in [-0.15, -0.1) is 0 Å². The van der Waals surface area contributed by atoms with E-state index in [1.54, 1.807) is 6.26 Å². The second-order valence-electron chi connectivity index (χ2n) is 6.83. The van der Waals surface area contributed by atoms with Crippen LogP contribution in [0.3, 0.4) is 0 Å². The van der Waals surface area contributed by atoms with Crippen LogP contribution in [0.15, 0.2) is 42.6 Å². The van der Waals surface area contributed by atoms with Crippen molar-refractivity contribution in [2.45, 2.75) is 50.3 Å². The fraction of sp³-hybridized carbons (Fsp3) is 0.450. The topological polar surface area (TPSA) is 42.0 Å². The number of aryl methyl sites for hydroxylation is 1. The summed E-state index contributed by atoms with van der Waals surface area (Å²) in [6.45, 7) is 2.16. The average Bonchev–Trinajstić information content (AvgIpc) is 2.55. The Morgan fingerprint density at radius 2 is 2.12 bits per heavy atom. The third kappa shape index (κ3) is 4.44. The molecule has 3 atom stereocenters.